The quantitative estimate of drug-likeness (QED) is 0.0323. The van der Waals surface area contributed by atoms with Crippen LogP contribution >= 0.6 is 0 Å². The van der Waals surface area contributed by atoms with Crippen LogP contribution in [-0.4, -0.2) is 129 Å². The highest BCUT2D eigenvalue weighted by Gasteiger charge is 2.08. The summed E-state index contributed by atoms with van der Waals surface area (Å²) in [5.74, 6) is 0. The number of hydrogen-bond acceptors (Lipinski definition) is 0. The van der Waals surface area contributed by atoms with Gasteiger partial charge in [-0.05, 0) is 51.4 Å². The molecule has 0 spiro atoms. The molecule has 84 heavy (non-hydrogen) atoms. The van der Waals surface area contributed by atoms with Crippen LogP contribution in [0, 0.1) is 0 Å². The Hall–Kier alpha value is -0.440. The fourth-order valence-electron chi connectivity index (χ4n) is 11.1. The van der Waals surface area contributed by atoms with Gasteiger partial charge in [-0.25, -0.2) is 0 Å². The van der Waals surface area contributed by atoms with Gasteiger partial charge in [-0.2, -0.15) is 0 Å². The Morgan fingerprint density at radius 2 is 0.190 bits per heavy atom. The molecule has 0 saturated carbocycles. The Bertz CT molecular complexity index is 914. The van der Waals surface area contributed by atoms with E-state index in [4.69, 9.17) is 0 Å². The van der Waals surface area contributed by atoms with Crippen molar-refractivity contribution in [3.63, 3.8) is 0 Å². The zero-order chi connectivity index (χ0) is 60.4. The molecule has 520 valence electrons. The molecular formula is C76H168F4N4. The number of nitrogens with zero attached hydrogens (tertiary/aromatic N) is 4. The van der Waals surface area contributed by atoms with Gasteiger partial charge in [0, 0.05) is 0 Å². The van der Waals surface area contributed by atoms with Crippen LogP contribution in [0.15, 0.2) is 0 Å². The fraction of sp³-hybridized carbons (Fsp3) is 1.00. The summed E-state index contributed by atoms with van der Waals surface area (Å²) in [5.41, 5.74) is 0. The van der Waals surface area contributed by atoms with Crippen LogP contribution in [-0.2, 0) is 0 Å². The fourth-order valence-corrected chi connectivity index (χ4v) is 11.1. The van der Waals surface area contributed by atoms with Crippen LogP contribution in [0.25, 0.3) is 0 Å². The van der Waals surface area contributed by atoms with E-state index in [0.29, 0.717) is 0 Å². The summed E-state index contributed by atoms with van der Waals surface area (Å²) in [6.45, 7) is 14.5. The predicted octanol–water partition coefficient (Wildman–Crippen LogP) is 12.7. The van der Waals surface area contributed by atoms with Crippen molar-refractivity contribution in [2.24, 2.45) is 0 Å². The molecule has 0 bridgehead atoms. The average molecular weight is 1210 g/mol. The first-order chi connectivity index (χ1) is 38.2. The second-order valence-corrected chi connectivity index (χ2v) is 30.4. The van der Waals surface area contributed by atoms with Gasteiger partial charge in [-0.3, -0.25) is 0 Å². The molecule has 0 aromatic rings. The summed E-state index contributed by atoms with van der Waals surface area (Å²) in [7, 11) is 27.5. The third-order valence-electron chi connectivity index (χ3n) is 16.7. The highest BCUT2D eigenvalue weighted by atomic mass is 19.0. The van der Waals surface area contributed by atoms with Gasteiger partial charge >= 0.3 is 0 Å². The van der Waals surface area contributed by atoms with Crippen LogP contribution in [0.5, 0.6) is 0 Å². The summed E-state index contributed by atoms with van der Waals surface area (Å²) in [6, 6.07) is 0. The zero-order valence-corrected chi connectivity index (χ0v) is 61.7. The van der Waals surface area contributed by atoms with Gasteiger partial charge in [0.1, 0.15) is 0 Å². The van der Waals surface area contributed by atoms with Crippen LogP contribution < -0.4 is 18.8 Å². The maximum Gasteiger partial charge on any atom is 0.0780 e. The Kier molecular flexibility index (Phi) is 93.4. The molecule has 0 aromatic heterocycles. The molecule has 0 aliphatic rings. The van der Waals surface area contributed by atoms with E-state index in [-0.39, 0.29) is 18.8 Å². The van der Waals surface area contributed by atoms with Crippen molar-refractivity contribution in [1.29, 1.82) is 0 Å². The Morgan fingerprint density at radius 1 is 0.119 bits per heavy atom. The highest BCUT2D eigenvalue weighted by Crippen LogP contribution is 2.18. The zero-order valence-electron chi connectivity index (χ0n) is 61.7. The molecule has 8 heteroatoms. The van der Waals surface area contributed by atoms with Crippen molar-refractivity contribution in [3.8, 4) is 0 Å². The van der Waals surface area contributed by atoms with Crippen molar-refractivity contribution < 1.29 is 36.7 Å². The van der Waals surface area contributed by atoms with Gasteiger partial charge < -0.3 is 36.7 Å². The van der Waals surface area contributed by atoms with Crippen LogP contribution in [0.2, 0.25) is 0 Å². The molecule has 0 aliphatic heterocycles. The third kappa shape index (κ3) is 116. The van der Waals surface area contributed by atoms with Crippen molar-refractivity contribution in [1.82, 2.24) is 0 Å². The minimum Gasteiger partial charge on any atom is -1.00 e. The van der Waals surface area contributed by atoms with Gasteiger partial charge in [0.15, 0.2) is 0 Å². The minimum atomic E-state index is 0. The summed E-state index contributed by atoms with van der Waals surface area (Å²) >= 11 is 0. The van der Waals surface area contributed by atoms with Crippen molar-refractivity contribution >= 4 is 0 Å². The molecule has 0 radical (unpaired) electrons. The lowest BCUT2D eigenvalue weighted by Gasteiger charge is -2.23. The number of halogens is 4. The first kappa shape index (κ1) is 99.8. The summed E-state index contributed by atoms with van der Waals surface area (Å²) in [4.78, 5) is 0. The van der Waals surface area contributed by atoms with Crippen LogP contribution in [0.3, 0.4) is 0 Å². The molecular weight excluding hydrogens is 1040 g/mol. The molecule has 4 nitrogen and oxygen atoms in total. The first-order valence-corrected chi connectivity index (χ1v) is 37.5. The number of unbranched alkanes of at least 4 members (excludes halogenated alkanes) is 52. The number of hydrogen-bond donors (Lipinski definition) is 0. The second-order valence-electron chi connectivity index (χ2n) is 30.4. The molecule has 0 atom stereocenters. The molecule has 0 amide bonds. The van der Waals surface area contributed by atoms with Crippen molar-refractivity contribution in [2.45, 2.75) is 387 Å². The van der Waals surface area contributed by atoms with Crippen molar-refractivity contribution in [2.75, 3.05) is 111 Å². The molecule has 0 aliphatic carbocycles. The van der Waals surface area contributed by atoms with E-state index in [0.717, 1.165) is 17.9 Å². The largest absolute Gasteiger partial charge is 1.00 e. The number of quaternary nitrogens is 4. The maximum atomic E-state index is 2.29. The van der Waals surface area contributed by atoms with Gasteiger partial charge in [0.25, 0.3) is 0 Å². The lowest BCUT2D eigenvalue weighted by Crippen LogP contribution is -3.00. The number of rotatable bonds is 60. The molecule has 0 aromatic carbocycles. The standard InChI is InChI=1S/4C19H42N.4FH/c4*1-5-6-7-8-9-10-11-12-13-14-15-16-17-18-19-20(2,3)4;;;;/h4*5-19H2,1-4H3;4*1H/q4*+1;;;;/p-4. The first-order valence-electron chi connectivity index (χ1n) is 37.5. The molecule has 0 N–H and O–H groups in total. The predicted molar refractivity (Wildman–Crippen MR) is 373 cm³/mol. The Labute approximate surface area is 532 Å². The smallest absolute Gasteiger partial charge is 0.0780 e. The third-order valence-corrected chi connectivity index (χ3v) is 16.7. The van der Waals surface area contributed by atoms with E-state index >= 15 is 0 Å². The molecule has 0 saturated heterocycles. The van der Waals surface area contributed by atoms with E-state index < -0.39 is 0 Å². The summed E-state index contributed by atoms with van der Waals surface area (Å²) < 4.78 is 4.49. The molecule has 0 unspecified atom stereocenters. The Morgan fingerprint density at radius 3 is 0.262 bits per heavy atom. The van der Waals surface area contributed by atoms with Crippen molar-refractivity contribution in [3.05, 3.63) is 0 Å². The van der Waals surface area contributed by atoms with Gasteiger partial charge in [0.05, 0.1) is 111 Å². The van der Waals surface area contributed by atoms with E-state index in [1.807, 2.05) is 0 Å². The van der Waals surface area contributed by atoms with E-state index in [2.05, 4.69) is 112 Å². The van der Waals surface area contributed by atoms with Gasteiger partial charge in [-0.1, -0.05) is 336 Å². The SMILES string of the molecule is CCCCCCCCCCCCCCCC[N+](C)(C)C.CCCCCCCCCCCCCCCC[N+](C)(C)C.CCCCCCCCCCCCCCCC[N+](C)(C)C.CCCCCCCCCCCCCCCC[N+](C)(C)C.[F-].[F-].[F-].[F-]. The second kappa shape index (κ2) is 78.7. The monoisotopic (exact) mass is 1210 g/mol. The van der Waals surface area contributed by atoms with E-state index in [9.17, 15) is 0 Å². The van der Waals surface area contributed by atoms with E-state index in [1.165, 1.54) is 386 Å². The average Bonchev–Trinajstić information content (AvgIpc) is 3.38. The lowest BCUT2D eigenvalue weighted by molar-refractivity contribution is -0.870. The van der Waals surface area contributed by atoms with Gasteiger partial charge in [-0.15, -0.1) is 0 Å². The van der Waals surface area contributed by atoms with Crippen LogP contribution in [0.1, 0.15) is 387 Å². The molecule has 0 rings (SSSR count). The summed E-state index contributed by atoms with van der Waals surface area (Å²) in [5, 5.41) is 0. The topological polar surface area (TPSA) is 0 Å². The van der Waals surface area contributed by atoms with Crippen LogP contribution in [0.4, 0.5) is 0 Å². The molecule has 0 fully saturated rings. The normalized spacial score (nSPS) is 11.4. The molecule has 0 heterocycles. The summed E-state index contributed by atoms with van der Waals surface area (Å²) in [6.07, 6.45) is 81.5. The minimum absolute atomic E-state index is 0. The van der Waals surface area contributed by atoms with E-state index in [1.54, 1.807) is 0 Å². The maximum absolute atomic E-state index is 2.29. The Balaban J connectivity index is -0.000000150. The lowest BCUT2D eigenvalue weighted by atomic mass is 10.0. The van der Waals surface area contributed by atoms with Gasteiger partial charge in [0.2, 0.25) is 0 Å². The highest BCUT2D eigenvalue weighted by molar-refractivity contribution is 4.54.